The first-order valence-corrected chi connectivity index (χ1v) is 12.6. The zero-order valence-electron chi connectivity index (χ0n) is 20.7. The fourth-order valence-corrected chi connectivity index (χ4v) is 4.46. The average molecular weight is 485 g/mol. The summed E-state index contributed by atoms with van der Waals surface area (Å²) in [6, 6.07) is 9.69. The van der Waals surface area contributed by atoms with Crippen LogP contribution in [0, 0.1) is 11.8 Å². The van der Waals surface area contributed by atoms with E-state index in [1.807, 2.05) is 36.4 Å². The molecule has 2 N–H and O–H groups in total. The van der Waals surface area contributed by atoms with Crippen LogP contribution in [0.3, 0.4) is 0 Å². The summed E-state index contributed by atoms with van der Waals surface area (Å²) in [7, 11) is 0. The summed E-state index contributed by atoms with van der Waals surface area (Å²) in [5, 5.41) is 12.3. The van der Waals surface area contributed by atoms with Crippen molar-refractivity contribution in [2.24, 2.45) is 11.8 Å². The van der Waals surface area contributed by atoms with Crippen LogP contribution < -0.4 is 5.32 Å². The number of unbranched alkanes of at least 4 members (excludes halogenated alkanes) is 1. The number of carbonyl (C=O) groups is 3. The second kappa shape index (κ2) is 15.9. The Morgan fingerprint density at radius 1 is 1.17 bits per heavy atom. The largest absolute Gasteiger partial charge is 0.464 e. The third-order valence-electron chi connectivity index (χ3n) is 6.42. The zero-order chi connectivity index (χ0) is 25.5. The van der Waals surface area contributed by atoms with Gasteiger partial charge in [-0.05, 0) is 50.5 Å². The van der Waals surface area contributed by atoms with E-state index in [0.717, 1.165) is 31.2 Å². The van der Waals surface area contributed by atoms with Crippen molar-refractivity contribution in [2.45, 2.75) is 57.4 Å². The van der Waals surface area contributed by atoms with Crippen molar-refractivity contribution < 1.29 is 24.2 Å². The number of rotatable bonds is 16. The smallest absolute Gasteiger partial charge is 0.309 e. The lowest BCUT2D eigenvalue weighted by Crippen LogP contribution is -2.41. The molecule has 192 valence electrons. The lowest BCUT2D eigenvalue weighted by atomic mass is 9.94. The first kappa shape index (κ1) is 28.3. The first-order chi connectivity index (χ1) is 17.0. The highest BCUT2D eigenvalue weighted by Crippen LogP contribution is 2.21. The maximum atomic E-state index is 12.7. The molecule has 1 aliphatic heterocycles. The normalized spacial score (nSPS) is 16.8. The Balaban J connectivity index is 1.81. The molecule has 7 nitrogen and oxygen atoms in total. The van der Waals surface area contributed by atoms with E-state index in [9.17, 15) is 19.5 Å². The third kappa shape index (κ3) is 9.68. The van der Waals surface area contributed by atoms with Crippen molar-refractivity contribution in [3.63, 3.8) is 0 Å². The van der Waals surface area contributed by atoms with Gasteiger partial charge in [-0.15, -0.1) is 13.2 Å². The number of allylic oxidation sites excluding steroid dienone is 2. The number of hydrogen-bond donors (Lipinski definition) is 2. The minimum atomic E-state index is -0.541. The number of nitrogens with one attached hydrogen (secondary N) is 1. The van der Waals surface area contributed by atoms with Gasteiger partial charge in [0.15, 0.2) is 0 Å². The predicted octanol–water partition coefficient (Wildman–Crippen LogP) is 3.43. The van der Waals surface area contributed by atoms with Crippen molar-refractivity contribution in [1.82, 2.24) is 10.2 Å². The Kier molecular flexibility index (Phi) is 12.8. The van der Waals surface area contributed by atoms with E-state index in [-0.39, 0.29) is 55.9 Å². The fraction of sp³-hybridized carbons (Fsp3) is 0.536. The van der Waals surface area contributed by atoms with Crippen LogP contribution in [0.15, 0.2) is 55.6 Å². The minimum absolute atomic E-state index is 0.0612. The van der Waals surface area contributed by atoms with E-state index in [1.54, 1.807) is 11.0 Å². The number of likely N-dealkylation sites (tertiary alicyclic amines) is 1. The second-order valence-corrected chi connectivity index (χ2v) is 9.06. The van der Waals surface area contributed by atoms with E-state index in [0.29, 0.717) is 25.8 Å². The summed E-state index contributed by atoms with van der Waals surface area (Å²) < 4.78 is 5.49. The average Bonchev–Trinajstić information content (AvgIpc) is 3.35. The molecule has 1 aliphatic rings. The molecule has 1 aromatic carbocycles. The standard InChI is InChI=1S/C28H40N2O5/c1-3-5-7-14-24(19-22-12-8-6-9-13-22)28(34)35-18-16-29-27(33)23(11-4-2)20-26(32)30-17-10-15-25(30)21-31/h3-4,6,8-9,12-13,23-25,31H,1-2,5,7,10-11,14-21H2,(H,29,33)/t23-,24-,25+/m1/s1. The van der Waals surface area contributed by atoms with Crippen molar-refractivity contribution in [3.8, 4) is 0 Å². The summed E-state index contributed by atoms with van der Waals surface area (Å²) >= 11 is 0. The topological polar surface area (TPSA) is 95.9 Å². The monoisotopic (exact) mass is 484 g/mol. The molecule has 2 rings (SSSR count). The molecule has 3 atom stereocenters. The molecular weight excluding hydrogens is 444 g/mol. The van der Waals surface area contributed by atoms with Gasteiger partial charge in [0.1, 0.15) is 6.61 Å². The summed E-state index contributed by atoms with van der Waals surface area (Å²) in [6.07, 6.45) is 8.57. The molecule has 0 aromatic heterocycles. The quantitative estimate of drug-likeness (QED) is 0.213. The molecule has 35 heavy (non-hydrogen) atoms. The lowest BCUT2D eigenvalue weighted by molar-refractivity contribution is -0.149. The highest BCUT2D eigenvalue weighted by atomic mass is 16.5. The molecule has 1 heterocycles. The van der Waals surface area contributed by atoms with Gasteiger partial charge < -0.3 is 20.1 Å². The molecule has 7 heteroatoms. The Morgan fingerprint density at radius 3 is 2.63 bits per heavy atom. The number of nitrogens with zero attached hydrogens (tertiary/aromatic N) is 1. The van der Waals surface area contributed by atoms with E-state index >= 15 is 0 Å². The molecule has 0 radical (unpaired) electrons. The number of aliphatic hydroxyl groups is 1. The first-order valence-electron chi connectivity index (χ1n) is 12.6. The van der Waals surface area contributed by atoms with Crippen molar-refractivity contribution in [2.75, 3.05) is 26.3 Å². The van der Waals surface area contributed by atoms with Gasteiger partial charge >= 0.3 is 5.97 Å². The highest BCUT2D eigenvalue weighted by Gasteiger charge is 2.31. The molecule has 0 aliphatic carbocycles. The molecule has 2 amide bonds. The second-order valence-electron chi connectivity index (χ2n) is 9.06. The van der Waals surface area contributed by atoms with Crippen LogP contribution in [0.2, 0.25) is 0 Å². The molecular formula is C28H40N2O5. The van der Waals surface area contributed by atoms with E-state index in [4.69, 9.17) is 4.74 Å². The van der Waals surface area contributed by atoms with Crippen LogP contribution in [-0.2, 0) is 25.5 Å². The SMILES string of the molecule is C=CCCC[C@H](Cc1ccccc1)C(=O)OCCNC(=O)[C@H](CC=C)CC(=O)N1CCC[C@H]1CO. The van der Waals surface area contributed by atoms with Crippen molar-refractivity contribution in [3.05, 3.63) is 61.2 Å². The highest BCUT2D eigenvalue weighted by molar-refractivity contribution is 5.86. The number of esters is 1. The van der Waals surface area contributed by atoms with Crippen molar-refractivity contribution in [1.29, 1.82) is 0 Å². The number of carbonyl (C=O) groups excluding carboxylic acids is 3. The molecule has 1 fully saturated rings. The minimum Gasteiger partial charge on any atom is -0.464 e. The zero-order valence-corrected chi connectivity index (χ0v) is 20.7. The number of aliphatic hydroxyl groups excluding tert-OH is 1. The molecule has 0 unspecified atom stereocenters. The third-order valence-corrected chi connectivity index (χ3v) is 6.42. The number of hydrogen-bond acceptors (Lipinski definition) is 5. The predicted molar refractivity (Wildman–Crippen MR) is 136 cm³/mol. The number of amides is 2. The molecule has 1 aromatic rings. The maximum Gasteiger partial charge on any atom is 0.309 e. The van der Waals surface area contributed by atoms with Gasteiger partial charge in [-0.2, -0.15) is 0 Å². The van der Waals surface area contributed by atoms with E-state index in [2.05, 4.69) is 18.5 Å². The van der Waals surface area contributed by atoms with Gasteiger partial charge in [-0.1, -0.05) is 42.5 Å². The van der Waals surface area contributed by atoms with Gasteiger partial charge in [0.05, 0.1) is 31.0 Å². The van der Waals surface area contributed by atoms with Crippen LogP contribution in [0.5, 0.6) is 0 Å². The van der Waals surface area contributed by atoms with Gasteiger partial charge in [0, 0.05) is 13.0 Å². The fourth-order valence-electron chi connectivity index (χ4n) is 4.46. The van der Waals surface area contributed by atoms with Crippen LogP contribution in [0.4, 0.5) is 0 Å². The Hall–Kier alpha value is -2.93. The maximum absolute atomic E-state index is 12.7. The number of benzene rings is 1. The van der Waals surface area contributed by atoms with Crippen LogP contribution in [-0.4, -0.2) is 60.1 Å². The molecule has 0 saturated carbocycles. The van der Waals surface area contributed by atoms with Gasteiger partial charge in [0.2, 0.25) is 11.8 Å². The molecule has 0 bridgehead atoms. The summed E-state index contributed by atoms with van der Waals surface area (Å²) in [5.41, 5.74) is 1.08. The summed E-state index contributed by atoms with van der Waals surface area (Å²) in [6.45, 7) is 8.25. The van der Waals surface area contributed by atoms with E-state index < -0.39 is 5.92 Å². The number of ether oxygens (including phenoxy) is 1. The van der Waals surface area contributed by atoms with Gasteiger partial charge in [-0.25, -0.2) is 0 Å². The van der Waals surface area contributed by atoms with Crippen LogP contribution in [0.1, 0.15) is 50.5 Å². The molecule has 1 saturated heterocycles. The molecule has 0 spiro atoms. The van der Waals surface area contributed by atoms with Gasteiger partial charge in [0.25, 0.3) is 0 Å². The van der Waals surface area contributed by atoms with E-state index in [1.165, 1.54) is 0 Å². The summed E-state index contributed by atoms with van der Waals surface area (Å²) in [5.74, 6) is -1.45. The van der Waals surface area contributed by atoms with Crippen LogP contribution >= 0.6 is 0 Å². The van der Waals surface area contributed by atoms with Crippen molar-refractivity contribution >= 4 is 17.8 Å². The summed E-state index contributed by atoms with van der Waals surface area (Å²) in [4.78, 5) is 39.8. The Labute approximate surface area is 209 Å². The Bertz CT molecular complexity index is 826. The lowest BCUT2D eigenvalue weighted by Gasteiger charge is -2.25. The van der Waals surface area contributed by atoms with Crippen LogP contribution in [0.25, 0.3) is 0 Å². The Morgan fingerprint density at radius 2 is 1.94 bits per heavy atom. The van der Waals surface area contributed by atoms with Gasteiger partial charge in [-0.3, -0.25) is 14.4 Å².